The standard InChI is InChI=1S/C14H22N2O4S2/c1-3-10-16(12-8-9-15-11-12)22(19,20)14-6-4-13(5-7-14)21(2,17)18/h4-7,12,15H,3,8-11H2,1-2H3. The van der Waals surface area contributed by atoms with Gasteiger partial charge in [0, 0.05) is 25.4 Å². The molecule has 6 nitrogen and oxygen atoms in total. The molecule has 0 radical (unpaired) electrons. The second-order valence-corrected chi connectivity index (χ2v) is 9.41. The molecule has 0 saturated carbocycles. The van der Waals surface area contributed by atoms with Gasteiger partial charge in [-0.05, 0) is 43.7 Å². The van der Waals surface area contributed by atoms with E-state index in [1.54, 1.807) is 0 Å². The van der Waals surface area contributed by atoms with E-state index in [0.29, 0.717) is 13.1 Å². The van der Waals surface area contributed by atoms with Gasteiger partial charge in [0.2, 0.25) is 10.0 Å². The summed E-state index contributed by atoms with van der Waals surface area (Å²) in [4.78, 5) is 0.260. The Balaban J connectivity index is 2.34. The molecule has 124 valence electrons. The van der Waals surface area contributed by atoms with E-state index in [9.17, 15) is 16.8 Å². The Hall–Kier alpha value is -0.960. The zero-order valence-electron chi connectivity index (χ0n) is 12.8. The van der Waals surface area contributed by atoms with Crippen LogP contribution in [0.1, 0.15) is 19.8 Å². The maximum atomic E-state index is 12.8. The predicted molar refractivity (Wildman–Crippen MR) is 85.0 cm³/mol. The molecule has 0 aromatic heterocycles. The smallest absolute Gasteiger partial charge is 0.243 e. The summed E-state index contributed by atoms with van der Waals surface area (Å²) in [6.45, 7) is 3.87. The van der Waals surface area contributed by atoms with Crippen molar-refractivity contribution in [2.45, 2.75) is 35.6 Å². The van der Waals surface area contributed by atoms with E-state index in [1.807, 2.05) is 6.92 Å². The lowest BCUT2D eigenvalue weighted by atomic mass is 10.2. The number of rotatable bonds is 6. The third kappa shape index (κ3) is 3.68. The van der Waals surface area contributed by atoms with Crippen molar-refractivity contribution >= 4 is 19.9 Å². The van der Waals surface area contributed by atoms with Gasteiger partial charge in [-0.2, -0.15) is 4.31 Å². The highest BCUT2D eigenvalue weighted by Gasteiger charge is 2.32. The van der Waals surface area contributed by atoms with Gasteiger partial charge in [0.1, 0.15) is 0 Å². The molecule has 1 saturated heterocycles. The third-order valence-electron chi connectivity index (χ3n) is 3.74. The van der Waals surface area contributed by atoms with Gasteiger partial charge >= 0.3 is 0 Å². The van der Waals surface area contributed by atoms with Crippen LogP contribution in [-0.2, 0) is 19.9 Å². The van der Waals surface area contributed by atoms with Gasteiger partial charge in [0.25, 0.3) is 0 Å². The first-order valence-electron chi connectivity index (χ1n) is 7.29. The lowest BCUT2D eigenvalue weighted by Gasteiger charge is -2.27. The maximum absolute atomic E-state index is 12.8. The number of nitrogens with zero attached hydrogens (tertiary/aromatic N) is 1. The molecule has 1 unspecified atom stereocenters. The number of nitrogens with one attached hydrogen (secondary N) is 1. The lowest BCUT2D eigenvalue weighted by Crippen LogP contribution is -2.41. The highest BCUT2D eigenvalue weighted by molar-refractivity contribution is 7.90. The lowest BCUT2D eigenvalue weighted by molar-refractivity contribution is 0.335. The minimum absolute atomic E-state index is 0.0421. The minimum atomic E-state index is -3.61. The summed E-state index contributed by atoms with van der Waals surface area (Å²) in [5.41, 5.74) is 0. The van der Waals surface area contributed by atoms with Gasteiger partial charge in [0.05, 0.1) is 9.79 Å². The molecule has 1 aliphatic heterocycles. The second kappa shape index (κ2) is 6.66. The number of sulfonamides is 1. The fourth-order valence-corrected chi connectivity index (χ4v) is 4.98. The Bertz CT molecular complexity index is 706. The van der Waals surface area contributed by atoms with Crippen LogP contribution in [0.2, 0.25) is 0 Å². The normalized spacial score (nSPS) is 19.7. The number of hydrogen-bond donors (Lipinski definition) is 1. The molecule has 1 aliphatic rings. The summed E-state index contributed by atoms with van der Waals surface area (Å²) in [7, 11) is -6.94. The van der Waals surface area contributed by atoms with Crippen molar-refractivity contribution in [3.05, 3.63) is 24.3 Å². The first-order chi connectivity index (χ1) is 10.3. The monoisotopic (exact) mass is 346 g/mol. The molecule has 0 amide bonds. The van der Waals surface area contributed by atoms with Gasteiger partial charge in [-0.25, -0.2) is 16.8 Å². The summed E-state index contributed by atoms with van der Waals surface area (Å²) < 4.78 is 50.1. The molecule has 0 bridgehead atoms. The second-order valence-electron chi connectivity index (χ2n) is 5.51. The van der Waals surface area contributed by atoms with Crippen molar-refractivity contribution in [3.8, 4) is 0 Å². The third-order valence-corrected chi connectivity index (χ3v) is 6.84. The van der Waals surface area contributed by atoms with Crippen molar-refractivity contribution in [2.75, 3.05) is 25.9 Å². The van der Waals surface area contributed by atoms with Gasteiger partial charge in [-0.1, -0.05) is 6.92 Å². The molecular weight excluding hydrogens is 324 g/mol. The minimum Gasteiger partial charge on any atom is -0.315 e. The predicted octanol–water partition coefficient (Wildman–Crippen LogP) is 0.853. The van der Waals surface area contributed by atoms with Crippen molar-refractivity contribution in [1.29, 1.82) is 0 Å². The molecule has 1 aromatic rings. The fourth-order valence-electron chi connectivity index (χ4n) is 2.60. The summed E-state index contributed by atoms with van der Waals surface area (Å²) in [5, 5.41) is 3.18. The summed E-state index contributed by atoms with van der Waals surface area (Å²) in [5.74, 6) is 0. The van der Waals surface area contributed by atoms with Crippen LogP contribution in [0.3, 0.4) is 0 Å². The van der Waals surface area contributed by atoms with Crippen molar-refractivity contribution in [3.63, 3.8) is 0 Å². The summed E-state index contributed by atoms with van der Waals surface area (Å²) in [6.07, 6.45) is 2.63. The van der Waals surface area contributed by atoms with Crippen molar-refractivity contribution in [1.82, 2.24) is 9.62 Å². The first kappa shape index (κ1) is 17.4. The molecule has 0 aliphatic carbocycles. The Morgan fingerprint density at radius 2 is 1.73 bits per heavy atom. The maximum Gasteiger partial charge on any atom is 0.243 e. The van der Waals surface area contributed by atoms with Crippen LogP contribution >= 0.6 is 0 Å². The van der Waals surface area contributed by atoms with Crippen molar-refractivity contribution in [2.24, 2.45) is 0 Å². The van der Waals surface area contributed by atoms with E-state index in [0.717, 1.165) is 25.6 Å². The highest BCUT2D eigenvalue weighted by Crippen LogP contribution is 2.23. The average Bonchev–Trinajstić information content (AvgIpc) is 2.97. The van der Waals surface area contributed by atoms with Crippen LogP contribution in [0.4, 0.5) is 0 Å². The Kier molecular flexibility index (Phi) is 5.26. The van der Waals surface area contributed by atoms with Crippen LogP contribution in [0.15, 0.2) is 34.1 Å². The molecule has 22 heavy (non-hydrogen) atoms. The molecule has 1 aromatic carbocycles. The van der Waals surface area contributed by atoms with Gasteiger partial charge < -0.3 is 5.32 Å². The topological polar surface area (TPSA) is 83.6 Å². The summed E-state index contributed by atoms with van der Waals surface area (Å²) in [6, 6.07) is 5.39. The summed E-state index contributed by atoms with van der Waals surface area (Å²) >= 11 is 0. The van der Waals surface area contributed by atoms with Gasteiger partial charge in [-0.15, -0.1) is 0 Å². The first-order valence-corrected chi connectivity index (χ1v) is 10.6. The molecule has 1 N–H and O–H groups in total. The SMILES string of the molecule is CCCN(C1CCNC1)S(=O)(=O)c1ccc(S(C)(=O)=O)cc1. The molecule has 1 fully saturated rings. The Morgan fingerprint density at radius 1 is 1.14 bits per heavy atom. The average molecular weight is 346 g/mol. The number of hydrogen-bond acceptors (Lipinski definition) is 5. The molecule has 1 atom stereocenters. The molecule has 8 heteroatoms. The van der Waals surface area contributed by atoms with Crippen molar-refractivity contribution < 1.29 is 16.8 Å². The molecule has 0 spiro atoms. The van der Waals surface area contributed by atoms with Gasteiger partial charge in [0.15, 0.2) is 9.84 Å². The van der Waals surface area contributed by atoms with E-state index in [1.165, 1.54) is 28.6 Å². The zero-order valence-corrected chi connectivity index (χ0v) is 14.5. The quantitative estimate of drug-likeness (QED) is 0.826. The van der Waals surface area contributed by atoms with E-state index in [4.69, 9.17) is 0 Å². The van der Waals surface area contributed by atoms with Crippen LogP contribution < -0.4 is 5.32 Å². The Morgan fingerprint density at radius 3 is 2.18 bits per heavy atom. The fraction of sp³-hybridized carbons (Fsp3) is 0.571. The van der Waals surface area contributed by atoms with Crippen LogP contribution in [-0.4, -0.2) is 53.1 Å². The van der Waals surface area contributed by atoms with Crippen LogP contribution in [0.5, 0.6) is 0 Å². The number of benzene rings is 1. The van der Waals surface area contributed by atoms with E-state index in [-0.39, 0.29) is 15.8 Å². The van der Waals surface area contributed by atoms with E-state index >= 15 is 0 Å². The Labute approximate surface area is 132 Å². The largest absolute Gasteiger partial charge is 0.315 e. The molecule has 2 rings (SSSR count). The molecular formula is C14H22N2O4S2. The van der Waals surface area contributed by atoms with E-state index in [2.05, 4.69) is 5.32 Å². The highest BCUT2D eigenvalue weighted by atomic mass is 32.2. The van der Waals surface area contributed by atoms with Gasteiger partial charge in [-0.3, -0.25) is 0 Å². The van der Waals surface area contributed by atoms with Crippen LogP contribution in [0, 0.1) is 0 Å². The molecule has 1 heterocycles. The zero-order chi connectivity index (χ0) is 16.4. The van der Waals surface area contributed by atoms with E-state index < -0.39 is 19.9 Å². The number of sulfone groups is 1. The van der Waals surface area contributed by atoms with Crippen LogP contribution in [0.25, 0.3) is 0 Å².